The topological polar surface area (TPSA) is 98.8 Å². The number of carbonyl (C=O) groups is 2. The first-order valence-corrected chi connectivity index (χ1v) is 10.6. The molecule has 0 bridgehead atoms. The normalized spacial score (nSPS) is 17.3. The van der Waals surface area contributed by atoms with E-state index >= 15 is 0 Å². The molecule has 0 radical (unpaired) electrons. The van der Waals surface area contributed by atoms with Crippen LogP contribution in [0.3, 0.4) is 0 Å². The lowest BCUT2D eigenvalue weighted by atomic mass is 10.1. The van der Waals surface area contributed by atoms with Crippen molar-refractivity contribution < 1.29 is 18.0 Å². The van der Waals surface area contributed by atoms with Gasteiger partial charge >= 0.3 is 6.03 Å². The molecule has 2 rings (SSSR count). The predicted molar refractivity (Wildman–Crippen MR) is 103 cm³/mol. The molecule has 1 aromatic rings. The SMILES string of the molecule is CCCc1ccc(S(=O)(=O)N2CCN([C@H](C)C(=O)NC(=O)NC)CC2)cc1. The number of amides is 3. The highest BCUT2D eigenvalue weighted by atomic mass is 32.2. The molecular weight excluding hydrogens is 368 g/mol. The van der Waals surface area contributed by atoms with Gasteiger partial charge in [0.1, 0.15) is 0 Å². The molecule has 150 valence electrons. The number of rotatable bonds is 6. The summed E-state index contributed by atoms with van der Waals surface area (Å²) in [6.45, 7) is 5.24. The maximum atomic E-state index is 12.8. The van der Waals surface area contributed by atoms with Crippen LogP contribution in [0.1, 0.15) is 25.8 Å². The molecule has 1 saturated heterocycles. The minimum atomic E-state index is -3.54. The van der Waals surface area contributed by atoms with Gasteiger partial charge in [-0.2, -0.15) is 4.31 Å². The molecule has 0 unspecified atom stereocenters. The molecule has 3 amide bonds. The molecule has 0 aliphatic carbocycles. The van der Waals surface area contributed by atoms with Crippen molar-refractivity contribution in [3.63, 3.8) is 0 Å². The highest BCUT2D eigenvalue weighted by Crippen LogP contribution is 2.19. The van der Waals surface area contributed by atoms with Gasteiger partial charge in [-0.05, 0) is 31.0 Å². The number of hydrogen-bond acceptors (Lipinski definition) is 5. The molecule has 9 heteroatoms. The third-order valence-corrected chi connectivity index (χ3v) is 6.68. The molecular formula is C18H28N4O4S. The first-order valence-electron chi connectivity index (χ1n) is 9.15. The van der Waals surface area contributed by atoms with E-state index in [1.54, 1.807) is 19.1 Å². The smallest absolute Gasteiger partial charge is 0.321 e. The first-order chi connectivity index (χ1) is 12.8. The summed E-state index contributed by atoms with van der Waals surface area (Å²) in [7, 11) is -2.11. The molecule has 1 aliphatic heterocycles. The van der Waals surface area contributed by atoms with Crippen LogP contribution in [0.2, 0.25) is 0 Å². The fourth-order valence-electron chi connectivity index (χ4n) is 3.04. The summed E-state index contributed by atoms with van der Waals surface area (Å²) in [5.74, 6) is -0.405. The van der Waals surface area contributed by atoms with E-state index in [1.165, 1.54) is 11.4 Å². The summed E-state index contributed by atoms with van der Waals surface area (Å²) in [4.78, 5) is 25.5. The van der Waals surface area contributed by atoms with Gasteiger partial charge in [-0.15, -0.1) is 0 Å². The van der Waals surface area contributed by atoms with Crippen molar-refractivity contribution >= 4 is 22.0 Å². The Balaban J connectivity index is 1.97. The van der Waals surface area contributed by atoms with Gasteiger partial charge in [0.2, 0.25) is 15.9 Å². The number of imide groups is 1. The minimum Gasteiger partial charge on any atom is -0.341 e. The van der Waals surface area contributed by atoms with Crippen LogP contribution in [0.5, 0.6) is 0 Å². The maximum absolute atomic E-state index is 12.8. The van der Waals surface area contributed by atoms with Gasteiger partial charge in [-0.1, -0.05) is 25.5 Å². The van der Waals surface area contributed by atoms with E-state index in [0.29, 0.717) is 31.1 Å². The molecule has 0 spiro atoms. The Labute approximate surface area is 161 Å². The summed E-state index contributed by atoms with van der Waals surface area (Å²) in [6, 6.07) is 5.97. The number of hydrogen-bond donors (Lipinski definition) is 2. The van der Waals surface area contributed by atoms with Crippen molar-refractivity contribution in [3.05, 3.63) is 29.8 Å². The average molecular weight is 397 g/mol. The summed E-state index contributed by atoms with van der Waals surface area (Å²) < 4.78 is 27.1. The largest absolute Gasteiger partial charge is 0.341 e. The molecule has 1 atom stereocenters. The Morgan fingerprint density at radius 2 is 1.70 bits per heavy atom. The van der Waals surface area contributed by atoms with Crippen LogP contribution >= 0.6 is 0 Å². The standard InChI is InChI=1S/C18H28N4O4S/c1-4-5-15-6-8-16(9-7-15)27(25,26)22-12-10-21(11-13-22)14(2)17(23)20-18(24)19-3/h6-9,14H,4-5,10-13H2,1-3H3,(H2,19,20,23,24)/t14-/m1/s1. The lowest BCUT2D eigenvalue weighted by molar-refractivity contribution is -0.125. The molecule has 0 aromatic heterocycles. The molecule has 2 N–H and O–H groups in total. The number of benzene rings is 1. The molecule has 27 heavy (non-hydrogen) atoms. The maximum Gasteiger partial charge on any atom is 0.321 e. The summed E-state index contributed by atoms with van der Waals surface area (Å²) >= 11 is 0. The first kappa shape index (κ1) is 21.3. The third-order valence-electron chi connectivity index (χ3n) is 4.76. The molecule has 1 heterocycles. The van der Waals surface area contributed by atoms with Crippen LogP contribution < -0.4 is 10.6 Å². The lowest BCUT2D eigenvalue weighted by Gasteiger charge is -2.36. The van der Waals surface area contributed by atoms with Gasteiger partial charge in [0.05, 0.1) is 10.9 Å². The average Bonchev–Trinajstić information content (AvgIpc) is 2.68. The van der Waals surface area contributed by atoms with Gasteiger partial charge in [-0.3, -0.25) is 15.0 Å². The van der Waals surface area contributed by atoms with E-state index in [9.17, 15) is 18.0 Å². The van der Waals surface area contributed by atoms with Gasteiger partial charge < -0.3 is 5.32 Å². The van der Waals surface area contributed by atoms with Gasteiger partial charge in [0.25, 0.3) is 0 Å². The molecule has 1 fully saturated rings. The second-order valence-corrected chi connectivity index (χ2v) is 8.52. The van der Waals surface area contributed by atoms with E-state index in [0.717, 1.165) is 18.4 Å². The summed E-state index contributed by atoms with van der Waals surface area (Å²) in [5, 5.41) is 4.58. The Kier molecular flexibility index (Phi) is 7.34. The molecule has 8 nitrogen and oxygen atoms in total. The summed E-state index contributed by atoms with van der Waals surface area (Å²) in [6.07, 6.45) is 1.94. The fraction of sp³-hybridized carbons (Fsp3) is 0.556. The number of sulfonamides is 1. The van der Waals surface area contributed by atoms with Crippen molar-refractivity contribution in [2.45, 2.75) is 37.6 Å². The van der Waals surface area contributed by atoms with E-state index in [4.69, 9.17) is 0 Å². The van der Waals surface area contributed by atoms with E-state index < -0.39 is 28.0 Å². The second-order valence-electron chi connectivity index (χ2n) is 6.58. The van der Waals surface area contributed by atoms with Crippen molar-refractivity contribution in [1.82, 2.24) is 19.8 Å². The molecule has 0 saturated carbocycles. The van der Waals surface area contributed by atoms with Crippen LogP contribution in [-0.4, -0.2) is 68.8 Å². The highest BCUT2D eigenvalue weighted by molar-refractivity contribution is 7.89. The van der Waals surface area contributed by atoms with Crippen molar-refractivity contribution in [1.29, 1.82) is 0 Å². The number of aryl methyl sites for hydroxylation is 1. The van der Waals surface area contributed by atoms with E-state index in [1.807, 2.05) is 17.0 Å². The fourth-order valence-corrected chi connectivity index (χ4v) is 4.46. The Morgan fingerprint density at radius 1 is 1.11 bits per heavy atom. The summed E-state index contributed by atoms with van der Waals surface area (Å²) in [5.41, 5.74) is 1.12. The monoisotopic (exact) mass is 396 g/mol. The Bertz CT molecular complexity index is 756. The van der Waals surface area contributed by atoms with Crippen LogP contribution in [0.15, 0.2) is 29.2 Å². The second kappa shape index (κ2) is 9.29. The predicted octanol–water partition coefficient (Wildman–Crippen LogP) is 0.790. The highest BCUT2D eigenvalue weighted by Gasteiger charge is 2.32. The minimum absolute atomic E-state index is 0.293. The Morgan fingerprint density at radius 3 is 2.22 bits per heavy atom. The zero-order chi connectivity index (χ0) is 20.0. The quantitative estimate of drug-likeness (QED) is 0.741. The van der Waals surface area contributed by atoms with Crippen LogP contribution in [0.25, 0.3) is 0 Å². The lowest BCUT2D eigenvalue weighted by Crippen LogP contribution is -2.56. The number of nitrogens with zero attached hydrogens (tertiary/aromatic N) is 2. The van der Waals surface area contributed by atoms with Crippen molar-refractivity contribution in [3.8, 4) is 0 Å². The third kappa shape index (κ3) is 5.27. The number of nitrogens with one attached hydrogen (secondary N) is 2. The number of urea groups is 1. The van der Waals surface area contributed by atoms with Gasteiger partial charge in [-0.25, -0.2) is 13.2 Å². The zero-order valence-electron chi connectivity index (χ0n) is 16.1. The molecule has 1 aromatic carbocycles. The van der Waals surface area contributed by atoms with E-state index in [-0.39, 0.29) is 0 Å². The zero-order valence-corrected chi connectivity index (χ0v) is 16.9. The number of piperazine rings is 1. The Hall–Kier alpha value is -1.97. The van der Waals surface area contributed by atoms with Crippen molar-refractivity contribution in [2.75, 3.05) is 33.2 Å². The van der Waals surface area contributed by atoms with Crippen molar-refractivity contribution in [2.24, 2.45) is 0 Å². The van der Waals surface area contributed by atoms with Gasteiger partial charge in [0, 0.05) is 33.2 Å². The van der Waals surface area contributed by atoms with Crippen LogP contribution in [0, 0.1) is 0 Å². The van der Waals surface area contributed by atoms with Crippen LogP contribution in [-0.2, 0) is 21.2 Å². The van der Waals surface area contributed by atoms with E-state index in [2.05, 4.69) is 17.6 Å². The number of carbonyl (C=O) groups excluding carboxylic acids is 2. The van der Waals surface area contributed by atoms with Crippen LogP contribution in [0.4, 0.5) is 4.79 Å². The molecule has 1 aliphatic rings. The van der Waals surface area contributed by atoms with Gasteiger partial charge in [0.15, 0.2) is 0 Å².